The number of nitrogens with zero attached hydrogens (tertiary/aromatic N) is 1. The third kappa shape index (κ3) is 3.37. The summed E-state index contributed by atoms with van der Waals surface area (Å²) in [4.78, 5) is 13.7. The number of likely N-dealkylation sites (N-methyl/N-ethyl adjacent to an activating group) is 1. The molecule has 0 bridgehead atoms. The Morgan fingerprint density at radius 2 is 2.22 bits per heavy atom. The second-order valence-electron chi connectivity index (χ2n) is 4.36. The lowest BCUT2D eigenvalue weighted by atomic mass is 10.3. The lowest BCUT2D eigenvalue weighted by molar-refractivity contribution is -0.132. The van der Waals surface area contributed by atoms with Gasteiger partial charge in [-0.15, -0.1) is 0 Å². The molecule has 1 aliphatic rings. The molecule has 1 aromatic rings. The van der Waals surface area contributed by atoms with E-state index in [9.17, 15) is 4.79 Å². The van der Waals surface area contributed by atoms with Gasteiger partial charge in [-0.1, -0.05) is 11.6 Å². The maximum Gasteiger partial charge on any atom is 0.260 e. The third-order valence-corrected chi connectivity index (χ3v) is 3.38. The largest absolute Gasteiger partial charge is 0.484 e. The first kappa shape index (κ1) is 13.2. The Morgan fingerprint density at radius 1 is 1.50 bits per heavy atom. The first-order chi connectivity index (χ1) is 8.69. The highest BCUT2D eigenvalue weighted by Crippen LogP contribution is 2.16. The van der Waals surface area contributed by atoms with Crippen LogP contribution < -0.4 is 10.1 Å². The summed E-state index contributed by atoms with van der Waals surface area (Å²) in [7, 11) is 1.92. The maximum atomic E-state index is 11.9. The van der Waals surface area contributed by atoms with E-state index >= 15 is 0 Å². The number of rotatable bonds is 4. The average molecular weight is 269 g/mol. The van der Waals surface area contributed by atoms with Gasteiger partial charge in [0.25, 0.3) is 5.91 Å². The van der Waals surface area contributed by atoms with Crippen LogP contribution in [0.3, 0.4) is 0 Å². The number of hydrogen-bond donors (Lipinski definition) is 1. The molecule has 1 amide bonds. The van der Waals surface area contributed by atoms with Crippen LogP contribution in [-0.4, -0.2) is 43.6 Å². The number of carbonyl (C=O) groups is 1. The van der Waals surface area contributed by atoms with Gasteiger partial charge >= 0.3 is 0 Å². The summed E-state index contributed by atoms with van der Waals surface area (Å²) >= 11 is 5.77. The summed E-state index contributed by atoms with van der Waals surface area (Å²) < 4.78 is 5.43. The number of ether oxygens (including phenoxy) is 1. The van der Waals surface area contributed by atoms with E-state index in [1.165, 1.54) is 0 Å². The van der Waals surface area contributed by atoms with Crippen LogP contribution in [-0.2, 0) is 4.79 Å². The highest BCUT2D eigenvalue weighted by atomic mass is 35.5. The van der Waals surface area contributed by atoms with Crippen LogP contribution in [0.1, 0.15) is 6.42 Å². The van der Waals surface area contributed by atoms with Crippen LogP contribution in [0, 0.1) is 0 Å². The molecule has 0 aliphatic carbocycles. The number of benzene rings is 1. The molecule has 1 fully saturated rings. The summed E-state index contributed by atoms with van der Waals surface area (Å²) in [6.07, 6.45) is 1.00. The standard InChI is InChI=1S/C13H17ClN2O2/c1-15-11-6-7-16(8-11)13(17)9-18-12-4-2-10(14)3-5-12/h2-5,11,15H,6-9H2,1H3/t11-/m0/s1. The van der Waals surface area contributed by atoms with Crippen LogP contribution >= 0.6 is 11.6 Å². The molecular weight excluding hydrogens is 252 g/mol. The number of likely N-dealkylation sites (tertiary alicyclic amines) is 1. The SMILES string of the molecule is CN[C@H]1CCN(C(=O)COc2ccc(Cl)cc2)C1. The molecule has 1 aliphatic heterocycles. The lowest BCUT2D eigenvalue weighted by Crippen LogP contribution is -2.36. The summed E-state index contributed by atoms with van der Waals surface area (Å²) in [5, 5.41) is 3.84. The molecule has 0 unspecified atom stereocenters. The van der Waals surface area contributed by atoms with Crippen molar-refractivity contribution >= 4 is 17.5 Å². The van der Waals surface area contributed by atoms with Gasteiger partial charge in [-0.3, -0.25) is 4.79 Å². The molecular formula is C13H17ClN2O2. The van der Waals surface area contributed by atoms with E-state index < -0.39 is 0 Å². The Balaban J connectivity index is 1.80. The van der Waals surface area contributed by atoms with E-state index in [2.05, 4.69) is 5.32 Å². The molecule has 1 N–H and O–H groups in total. The highest BCUT2D eigenvalue weighted by Gasteiger charge is 2.24. The Bertz CT molecular complexity index is 408. The topological polar surface area (TPSA) is 41.6 Å². The fraction of sp³-hybridized carbons (Fsp3) is 0.462. The molecule has 0 aromatic heterocycles. The first-order valence-electron chi connectivity index (χ1n) is 6.02. The van der Waals surface area contributed by atoms with Gasteiger partial charge in [-0.25, -0.2) is 0 Å². The fourth-order valence-electron chi connectivity index (χ4n) is 1.99. The van der Waals surface area contributed by atoms with E-state index in [0.717, 1.165) is 19.5 Å². The van der Waals surface area contributed by atoms with Gasteiger partial charge in [0.1, 0.15) is 5.75 Å². The molecule has 0 saturated carbocycles. The zero-order chi connectivity index (χ0) is 13.0. The van der Waals surface area contributed by atoms with E-state index in [0.29, 0.717) is 16.8 Å². The van der Waals surface area contributed by atoms with Gasteiger partial charge in [0.05, 0.1) is 0 Å². The summed E-state index contributed by atoms with van der Waals surface area (Å²) in [6.45, 7) is 1.64. The monoisotopic (exact) mass is 268 g/mol. The third-order valence-electron chi connectivity index (χ3n) is 3.13. The van der Waals surface area contributed by atoms with E-state index in [4.69, 9.17) is 16.3 Å². The van der Waals surface area contributed by atoms with Gasteiger partial charge in [-0.05, 0) is 37.7 Å². The van der Waals surface area contributed by atoms with Gasteiger partial charge in [0.15, 0.2) is 6.61 Å². The normalized spacial score (nSPS) is 19.0. The fourth-order valence-corrected chi connectivity index (χ4v) is 2.12. The number of hydrogen-bond acceptors (Lipinski definition) is 3. The van der Waals surface area contributed by atoms with Gasteiger partial charge < -0.3 is 15.0 Å². The molecule has 4 nitrogen and oxygen atoms in total. The average Bonchev–Trinajstić information content (AvgIpc) is 2.86. The zero-order valence-corrected chi connectivity index (χ0v) is 11.1. The van der Waals surface area contributed by atoms with Gasteiger partial charge in [0.2, 0.25) is 0 Å². The number of halogens is 1. The number of nitrogens with one attached hydrogen (secondary N) is 1. The molecule has 0 radical (unpaired) electrons. The van der Waals surface area contributed by atoms with Crippen molar-refractivity contribution in [1.29, 1.82) is 0 Å². The quantitative estimate of drug-likeness (QED) is 0.901. The Kier molecular flexibility index (Phi) is 4.44. The Morgan fingerprint density at radius 3 is 2.83 bits per heavy atom. The van der Waals surface area contributed by atoms with E-state index in [1.54, 1.807) is 24.3 Å². The van der Waals surface area contributed by atoms with Crippen LogP contribution in [0.4, 0.5) is 0 Å². The molecule has 1 saturated heterocycles. The molecule has 2 rings (SSSR count). The lowest BCUT2D eigenvalue weighted by Gasteiger charge is -2.16. The predicted octanol–water partition coefficient (Wildman–Crippen LogP) is 1.54. The van der Waals surface area contributed by atoms with Crippen molar-refractivity contribution in [2.24, 2.45) is 0 Å². The van der Waals surface area contributed by atoms with E-state index in [1.807, 2.05) is 11.9 Å². The van der Waals surface area contributed by atoms with Crippen LogP contribution in [0.5, 0.6) is 5.75 Å². The summed E-state index contributed by atoms with van der Waals surface area (Å²) in [5.74, 6) is 0.694. The maximum absolute atomic E-state index is 11.9. The minimum atomic E-state index is 0.0303. The predicted molar refractivity (Wildman–Crippen MR) is 71.0 cm³/mol. The molecule has 18 heavy (non-hydrogen) atoms. The van der Waals surface area contributed by atoms with E-state index in [-0.39, 0.29) is 12.5 Å². The Labute approximate surface area is 112 Å². The smallest absolute Gasteiger partial charge is 0.260 e. The van der Waals surface area contributed by atoms with Crippen LogP contribution in [0.15, 0.2) is 24.3 Å². The molecule has 1 aromatic carbocycles. The van der Waals surface area contributed by atoms with Crippen molar-refractivity contribution in [2.75, 3.05) is 26.7 Å². The minimum Gasteiger partial charge on any atom is -0.484 e. The number of amides is 1. The van der Waals surface area contributed by atoms with Crippen molar-refractivity contribution in [1.82, 2.24) is 10.2 Å². The first-order valence-corrected chi connectivity index (χ1v) is 6.40. The second kappa shape index (κ2) is 6.07. The van der Waals surface area contributed by atoms with Crippen molar-refractivity contribution in [3.8, 4) is 5.75 Å². The van der Waals surface area contributed by atoms with Gasteiger partial charge in [0, 0.05) is 24.2 Å². The van der Waals surface area contributed by atoms with Crippen molar-refractivity contribution in [3.05, 3.63) is 29.3 Å². The molecule has 0 spiro atoms. The van der Waals surface area contributed by atoms with Crippen LogP contribution in [0.25, 0.3) is 0 Å². The minimum absolute atomic E-state index is 0.0303. The summed E-state index contributed by atoms with van der Waals surface area (Å²) in [6, 6.07) is 7.42. The molecule has 98 valence electrons. The van der Waals surface area contributed by atoms with Gasteiger partial charge in [-0.2, -0.15) is 0 Å². The molecule has 1 heterocycles. The van der Waals surface area contributed by atoms with Crippen molar-refractivity contribution in [2.45, 2.75) is 12.5 Å². The Hall–Kier alpha value is -1.26. The highest BCUT2D eigenvalue weighted by molar-refractivity contribution is 6.30. The number of carbonyl (C=O) groups excluding carboxylic acids is 1. The second-order valence-corrected chi connectivity index (χ2v) is 4.79. The van der Waals surface area contributed by atoms with Crippen LogP contribution in [0.2, 0.25) is 5.02 Å². The molecule has 5 heteroatoms. The zero-order valence-electron chi connectivity index (χ0n) is 10.4. The molecule has 1 atom stereocenters. The summed E-state index contributed by atoms with van der Waals surface area (Å²) in [5.41, 5.74) is 0. The van der Waals surface area contributed by atoms with Crippen molar-refractivity contribution in [3.63, 3.8) is 0 Å². The van der Waals surface area contributed by atoms with Crippen molar-refractivity contribution < 1.29 is 9.53 Å².